The Morgan fingerprint density at radius 1 is 1.03 bits per heavy atom. The van der Waals surface area contributed by atoms with Gasteiger partial charge in [0.05, 0.1) is 11.1 Å². The van der Waals surface area contributed by atoms with Gasteiger partial charge in [-0.05, 0) is 94.0 Å². The number of ether oxygens (including phenoxy) is 2. The summed E-state index contributed by atoms with van der Waals surface area (Å²) < 4.78 is 12.0. The van der Waals surface area contributed by atoms with Gasteiger partial charge in [0.15, 0.2) is 5.78 Å². The molecule has 2 aromatic carbocycles. The molecule has 0 unspecified atom stereocenters. The molecule has 6 heteroatoms. The number of aromatic nitrogens is 1. The number of aliphatic hydroxyl groups is 1. The van der Waals surface area contributed by atoms with Gasteiger partial charge in [0.2, 0.25) is 5.88 Å². The maximum absolute atomic E-state index is 13.4. The molecule has 0 bridgehead atoms. The number of Topliss-reactive ketones (excluding diaryl/α,β-unsaturated/α-hetero) is 1. The van der Waals surface area contributed by atoms with Crippen LogP contribution in [0.1, 0.15) is 57.6 Å². The number of hydrogen-bond acceptors (Lipinski definition) is 5. The molecule has 2 heterocycles. The number of carbonyl (C=O) groups excluding carboxylic acids is 1. The molecule has 2 aliphatic rings. The molecule has 33 heavy (non-hydrogen) atoms. The zero-order valence-electron chi connectivity index (χ0n) is 19.1. The van der Waals surface area contributed by atoms with Crippen molar-refractivity contribution in [1.82, 2.24) is 4.98 Å². The van der Waals surface area contributed by atoms with Crippen LogP contribution in [-0.4, -0.2) is 27.1 Å². The summed E-state index contributed by atoms with van der Waals surface area (Å²) in [5, 5.41) is 12.6. The third kappa shape index (κ3) is 4.00. The molecule has 1 fully saturated rings. The number of ketones is 1. The van der Waals surface area contributed by atoms with Crippen LogP contribution in [0.25, 0.3) is 16.5 Å². The Morgan fingerprint density at radius 3 is 2.52 bits per heavy atom. The van der Waals surface area contributed by atoms with E-state index in [0.29, 0.717) is 33.7 Å². The summed E-state index contributed by atoms with van der Waals surface area (Å²) in [7, 11) is 0. The van der Waals surface area contributed by atoms with E-state index in [4.69, 9.17) is 21.1 Å². The Bertz CT molecular complexity index is 1320. The van der Waals surface area contributed by atoms with Crippen LogP contribution in [0.4, 0.5) is 0 Å². The number of pyridine rings is 1. The Balaban J connectivity index is 1.59. The molecular weight excluding hydrogens is 438 g/mol. The third-order valence-corrected chi connectivity index (χ3v) is 6.49. The molecule has 0 amide bonds. The van der Waals surface area contributed by atoms with E-state index < -0.39 is 11.2 Å². The van der Waals surface area contributed by atoms with Gasteiger partial charge in [-0.25, -0.2) is 4.98 Å². The van der Waals surface area contributed by atoms with Gasteiger partial charge < -0.3 is 14.6 Å². The van der Waals surface area contributed by atoms with E-state index in [9.17, 15) is 9.90 Å². The molecule has 0 radical (unpaired) electrons. The van der Waals surface area contributed by atoms with Crippen molar-refractivity contribution in [3.63, 3.8) is 0 Å². The minimum absolute atomic E-state index is 0.0495. The lowest BCUT2D eigenvalue weighted by molar-refractivity contribution is -0.158. The van der Waals surface area contributed by atoms with Crippen LogP contribution in [-0.2, 0) is 9.53 Å². The molecule has 1 aromatic heterocycles. The number of fused-ring (bicyclic) bond motifs is 1. The van der Waals surface area contributed by atoms with Gasteiger partial charge in [-0.2, -0.15) is 0 Å². The zero-order valence-corrected chi connectivity index (χ0v) is 19.9. The molecule has 0 saturated heterocycles. The first-order chi connectivity index (χ1) is 15.5. The topological polar surface area (TPSA) is 68.7 Å². The van der Waals surface area contributed by atoms with Crippen molar-refractivity contribution in [2.45, 2.75) is 57.7 Å². The standard InChI is InChI=1S/C27H26ClNO4/c1-26(2)24(30)23(25(31)27(3,4)33-26)20-14-18(9-10-19(20)15-5-6-15)32-22-12-7-16-13-17(28)8-11-21(16)29-22/h7-15,30H,5-6H2,1-4H3. The summed E-state index contributed by atoms with van der Waals surface area (Å²) in [5.41, 5.74) is 0.802. The maximum atomic E-state index is 13.4. The summed E-state index contributed by atoms with van der Waals surface area (Å²) >= 11 is 6.07. The number of benzene rings is 2. The highest BCUT2D eigenvalue weighted by Crippen LogP contribution is 2.48. The van der Waals surface area contributed by atoms with Crippen LogP contribution in [0.15, 0.2) is 54.3 Å². The van der Waals surface area contributed by atoms with Gasteiger partial charge in [-0.1, -0.05) is 17.7 Å². The van der Waals surface area contributed by atoms with Crippen LogP contribution in [0.5, 0.6) is 11.6 Å². The summed E-state index contributed by atoms with van der Waals surface area (Å²) in [5.74, 6) is 1.07. The fourth-order valence-electron chi connectivity index (χ4n) is 4.51. The van der Waals surface area contributed by atoms with Gasteiger partial charge in [0, 0.05) is 16.5 Å². The van der Waals surface area contributed by atoms with E-state index >= 15 is 0 Å². The number of aliphatic hydroxyl groups excluding tert-OH is 1. The van der Waals surface area contributed by atoms with Crippen molar-refractivity contribution >= 4 is 33.9 Å². The van der Waals surface area contributed by atoms with E-state index in [-0.39, 0.29) is 11.5 Å². The zero-order chi connectivity index (χ0) is 23.5. The lowest BCUT2D eigenvalue weighted by atomic mass is 9.81. The van der Waals surface area contributed by atoms with E-state index in [1.165, 1.54) is 0 Å². The molecule has 1 aliphatic heterocycles. The second-order valence-corrected chi connectivity index (χ2v) is 10.2. The van der Waals surface area contributed by atoms with Crippen molar-refractivity contribution in [2.75, 3.05) is 0 Å². The molecule has 3 aromatic rings. The van der Waals surface area contributed by atoms with Gasteiger partial charge in [0.25, 0.3) is 0 Å². The Kier molecular flexibility index (Phi) is 5.03. The molecule has 1 aliphatic carbocycles. The highest BCUT2D eigenvalue weighted by molar-refractivity contribution is 6.31. The van der Waals surface area contributed by atoms with Crippen LogP contribution in [0.3, 0.4) is 0 Å². The number of rotatable bonds is 4. The smallest absolute Gasteiger partial charge is 0.219 e. The van der Waals surface area contributed by atoms with Crippen molar-refractivity contribution in [3.05, 3.63) is 70.4 Å². The van der Waals surface area contributed by atoms with Crippen molar-refractivity contribution in [3.8, 4) is 11.6 Å². The summed E-state index contributed by atoms with van der Waals surface area (Å²) in [4.78, 5) is 17.9. The fourth-order valence-corrected chi connectivity index (χ4v) is 4.69. The van der Waals surface area contributed by atoms with Crippen LogP contribution < -0.4 is 4.74 Å². The highest BCUT2D eigenvalue weighted by atomic mass is 35.5. The van der Waals surface area contributed by atoms with E-state index in [1.807, 2.05) is 36.4 Å². The Morgan fingerprint density at radius 2 is 1.79 bits per heavy atom. The van der Waals surface area contributed by atoms with Crippen LogP contribution in [0, 0.1) is 0 Å². The molecule has 0 atom stereocenters. The molecule has 5 nitrogen and oxygen atoms in total. The number of halogens is 1. The molecule has 0 spiro atoms. The maximum Gasteiger partial charge on any atom is 0.219 e. The van der Waals surface area contributed by atoms with E-state index in [2.05, 4.69) is 4.98 Å². The largest absolute Gasteiger partial charge is 0.508 e. The molecular formula is C27H26ClNO4. The predicted molar refractivity (Wildman–Crippen MR) is 129 cm³/mol. The van der Waals surface area contributed by atoms with E-state index in [1.54, 1.807) is 39.8 Å². The monoisotopic (exact) mass is 463 g/mol. The van der Waals surface area contributed by atoms with Crippen LogP contribution >= 0.6 is 11.6 Å². The first-order valence-electron chi connectivity index (χ1n) is 11.1. The highest BCUT2D eigenvalue weighted by Gasteiger charge is 2.48. The number of carbonyl (C=O) groups is 1. The van der Waals surface area contributed by atoms with Gasteiger partial charge in [-0.3, -0.25) is 4.79 Å². The lowest BCUT2D eigenvalue weighted by Gasteiger charge is -2.40. The Labute approximate surface area is 198 Å². The van der Waals surface area contributed by atoms with Crippen LogP contribution in [0.2, 0.25) is 5.02 Å². The van der Waals surface area contributed by atoms with E-state index in [0.717, 1.165) is 29.3 Å². The number of nitrogens with zero attached hydrogens (tertiary/aromatic N) is 1. The number of hydrogen-bond donors (Lipinski definition) is 1. The van der Waals surface area contributed by atoms with Gasteiger partial charge in [0.1, 0.15) is 22.7 Å². The molecule has 5 rings (SSSR count). The molecule has 1 saturated carbocycles. The van der Waals surface area contributed by atoms with Gasteiger partial charge >= 0.3 is 0 Å². The average molecular weight is 464 g/mol. The minimum Gasteiger partial charge on any atom is -0.508 e. The lowest BCUT2D eigenvalue weighted by Crippen LogP contribution is -2.49. The Hall–Kier alpha value is -2.89. The summed E-state index contributed by atoms with van der Waals surface area (Å²) in [6.07, 6.45) is 2.13. The summed E-state index contributed by atoms with van der Waals surface area (Å²) in [6.45, 7) is 7.04. The van der Waals surface area contributed by atoms with Crippen molar-refractivity contribution < 1.29 is 19.4 Å². The quantitative estimate of drug-likeness (QED) is 0.451. The molecule has 170 valence electrons. The average Bonchev–Trinajstić information content (AvgIpc) is 3.58. The van der Waals surface area contributed by atoms with Gasteiger partial charge in [-0.15, -0.1) is 0 Å². The van der Waals surface area contributed by atoms with Crippen molar-refractivity contribution in [1.29, 1.82) is 0 Å². The minimum atomic E-state index is -1.05. The first kappa shape index (κ1) is 21.9. The van der Waals surface area contributed by atoms with Crippen molar-refractivity contribution in [2.24, 2.45) is 0 Å². The third-order valence-electron chi connectivity index (χ3n) is 6.25. The fraction of sp³-hybridized carbons (Fsp3) is 0.333. The molecule has 1 N–H and O–H groups in total. The first-order valence-corrected chi connectivity index (χ1v) is 11.5. The SMILES string of the molecule is CC1(C)OC(C)(C)C(O)=C(c2cc(Oc3ccc4cc(Cl)ccc4n3)ccc2C2CC2)C1=O. The second kappa shape index (κ2) is 7.57. The second-order valence-electron chi connectivity index (χ2n) is 9.79. The predicted octanol–water partition coefficient (Wildman–Crippen LogP) is 6.98. The summed E-state index contributed by atoms with van der Waals surface area (Å²) in [6, 6.07) is 14.9. The normalized spacial score (nSPS) is 19.7.